The smallest absolute Gasteiger partial charge is 0.226 e. The number of nitrogens with zero attached hydrogens (tertiary/aromatic N) is 3. The van der Waals surface area contributed by atoms with Crippen LogP contribution in [0.4, 0.5) is 10.8 Å². The van der Waals surface area contributed by atoms with Crippen molar-refractivity contribution in [1.82, 2.24) is 14.8 Å². The Hall–Kier alpha value is -2.41. The standard InChI is InChI=1S/C14H15N5OS/c15-10-4-5-11-12(9-10)21-14(17-11)18-13(20)3-1-7-19-8-2-6-16-19/h2,4-6,8-9H,1,3,7,15H2,(H,17,18,20). The minimum atomic E-state index is -0.0332. The molecular weight excluding hydrogens is 286 g/mol. The maximum atomic E-state index is 11.9. The number of rotatable bonds is 5. The van der Waals surface area contributed by atoms with E-state index in [1.165, 1.54) is 11.3 Å². The number of amides is 1. The maximum absolute atomic E-state index is 11.9. The summed E-state index contributed by atoms with van der Waals surface area (Å²) in [5.74, 6) is -0.0332. The number of aromatic nitrogens is 3. The zero-order valence-corrected chi connectivity index (χ0v) is 12.1. The Labute approximate surface area is 125 Å². The van der Waals surface area contributed by atoms with Crippen molar-refractivity contribution < 1.29 is 4.79 Å². The molecule has 6 nitrogen and oxygen atoms in total. The highest BCUT2D eigenvalue weighted by atomic mass is 32.1. The van der Waals surface area contributed by atoms with Gasteiger partial charge < -0.3 is 11.1 Å². The monoisotopic (exact) mass is 301 g/mol. The van der Waals surface area contributed by atoms with Crippen molar-refractivity contribution in [2.75, 3.05) is 11.1 Å². The summed E-state index contributed by atoms with van der Waals surface area (Å²) in [5, 5.41) is 7.54. The molecule has 0 radical (unpaired) electrons. The first-order valence-electron chi connectivity index (χ1n) is 6.64. The summed E-state index contributed by atoms with van der Waals surface area (Å²) in [6.45, 7) is 0.733. The van der Waals surface area contributed by atoms with E-state index in [4.69, 9.17) is 5.73 Å². The Balaban J connectivity index is 1.55. The van der Waals surface area contributed by atoms with Crippen LogP contribution in [0.1, 0.15) is 12.8 Å². The molecule has 3 N–H and O–H groups in total. The van der Waals surface area contributed by atoms with Gasteiger partial charge in [-0.3, -0.25) is 9.48 Å². The average Bonchev–Trinajstić information content (AvgIpc) is 3.07. The summed E-state index contributed by atoms with van der Waals surface area (Å²) < 4.78 is 2.79. The van der Waals surface area contributed by atoms with Gasteiger partial charge in [-0.1, -0.05) is 11.3 Å². The van der Waals surface area contributed by atoms with Gasteiger partial charge in [0.25, 0.3) is 0 Å². The molecule has 21 heavy (non-hydrogen) atoms. The molecule has 0 unspecified atom stereocenters. The molecule has 0 fully saturated rings. The summed E-state index contributed by atoms with van der Waals surface area (Å²) in [6.07, 6.45) is 4.80. The van der Waals surface area contributed by atoms with Gasteiger partial charge in [0, 0.05) is 31.0 Å². The van der Waals surface area contributed by atoms with Crippen molar-refractivity contribution in [1.29, 1.82) is 0 Å². The number of carbonyl (C=O) groups excluding carboxylic acids is 1. The van der Waals surface area contributed by atoms with Crippen LogP contribution in [0.5, 0.6) is 0 Å². The maximum Gasteiger partial charge on any atom is 0.226 e. The van der Waals surface area contributed by atoms with E-state index in [1.54, 1.807) is 12.3 Å². The molecule has 2 heterocycles. The Kier molecular flexibility index (Phi) is 3.83. The molecular formula is C14H15N5OS. The first-order valence-corrected chi connectivity index (χ1v) is 7.46. The lowest BCUT2D eigenvalue weighted by Crippen LogP contribution is -2.12. The molecule has 0 aliphatic rings. The number of nitrogens with two attached hydrogens (primary N) is 1. The van der Waals surface area contributed by atoms with Gasteiger partial charge in [-0.25, -0.2) is 4.98 Å². The van der Waals surface area contributed by atoms with E-state index in [-0.39, 0.29) is 5.91 Å². The second-order valence-electron chi connectivity index (χ2n) is 4.67. The third-order valence-corrected chi connectivity index (χ3v) is 3.94. The van der Waals surface area contributed by atoms with Gasteiger partial charge in [0.05, 0.1) is 10.2 Å². The SMILES string of the molecule is Nc1ccc2nc(NC(=O)CCCn3cccn3)sc2c1. The van der Waals surface area contributed by atoms with Crippen molar-refractivity contribution in [2.45, 2.75) is 19.4 Å². The van der Waals surface area contributed by atoms with E-state index in [0.29, 0.717) is 17.2 Å². The fourth-order valence-corrected chi connectivity index (χ4v) is 2.94. The van der Waals surface area contributed by atoms with E-state index in [0.717, 1.165) is 23.2 Å². The molecule has 3 rings (SSSR count). The molecule has 2 aromatic heterocycles. The number of benzene rings is 1. The van der Waals surface area contributed by atoms with E-state index in [1.807, 2.05) is 29.1 Å². The summed E-state index contributed by atoms with van der Waals surface area (Å²) >= 11 is 1.43. The Bertz CT molecular complexity index is 750. The largest absolute Gasteiger partial charge is 0.399 e. The Morgan fingerprint density at radius 2 is 2.33 bits per heavy atom. The Morgan fingerprint density at radius 1 is 1.43 bits per heavy atom. The van der Waals surface area contributed by atoms with Crippen molar-refractivity contribution in [2.24, 2.45) is 0 Å². The molecule has 108 valence electrons. The fraction of sp³-hybridized carbons (Fsp3) is 0.214. The van der Waals surface area contributed by atoms with Crippen LogP contribution in [0.2, 0.25) is 0 Å². The van der Waals surface area contributed by atoms with Crippen molar-refractivity contribution in [3.05, 3.63) is 36.7 Å². The molecule has 0 atom stereocenters. The van der Waals surface area contributed by atoms with Crippen LogP contribution in [-0.2, 0) is 11.3 Å². The predicted octanol–water partition coefficient (Wildman–Crippen LogP) is 2.49. The predicted molar refractivity (Wildman–Crippen MR) is 84.1 cm³/mol. The van der Waals surface area contributed by atoms with Gasteiger partial charge in [0.1, 0.15) is 0 Å². The van der Waals surface area contributed by atoms with Crippen LogP contribution in [0, 0.1) is 0 Å². The highest BCUT2D eigenvalue weighted by Gasteiger charge is 2.08. The molecule has 3 aromatic rings. The third kappa shape index (κ3) is 3.38. The van der Waals surface area contributed by atoms with Crippen LogP contribution < -0.4 is 11.1 Å². The second kappa shape index (κ2) is 5.92. The molecule has 0 saturated carbocycles. The lowest BCUT2D eigenvalue weighted by molar-refractivity contribution is -0.116. The number of nitrogen functional groups attached to an aromatic ring is 1. The topological polar surface area (TPSA) is 85.8 Å². The number of aryl methyl sites for hydroxylation is 1. The summed E-state index contributed by atoms with van der Waals surface area (Å²) in [4.78, 5) is 16.3. The minimum Gasteiger partial charge on any atom is -0.399 e. The molecule has 7 heteroatoms. The molecule has 0 saturated heterocycles. The number of carbonyl (C=O) groups is 1. The second-order valence-corrected chi connectivity index (χ2v) is 5.70. The van der Waals surface area contributed by atoms with E-state index < -0.39 is 0 Å². The molecule has 1 amide bonds. The van der Waals surface area contributed by atoms with Gasteiger partial charge in [-0.2, -0.15) is 5.10 Å². The lowest BCUT2D eigenvalue weighted by Gasteiger charge is -2.02. The first kappa shape index (κ1) is 13.6. The van der Waals surface area contributed by atoms with Crippen molar-refractivity contribution in [3.8, 4) is 0 Å². The molecule has 0 aliphatic heterocycles. The number of nitrogens with one attached hydrogen (secondary N) is 1. The van der Waals surface area contributed by atoms with E-state index >= 15 is 0 Å². The normalized spacial score (nSPS) is 10.9. The average molecular weight is 301 g/mol. The fourth-order valence-electron chi connectivity index (χ4n) is 2.01. The third-order valence-electron chi connectivity index (χ3n) is 3.01. The van der Waals surface area contributed by atoms with Gasteiger partial charge in [-0.05, 0) is 30.7 Å². The first-order chi connectivity index (χ1) is 10.2. The van der Waals surface area contributed by atoms with Gasteiger partial charge >= 0.3 is 0 Å². The number of hydrogen-bond donors (Lipinski definition) is 2. The lowest BCUT2D eigenvalue weighted by atomic mass is 10.3. The zero-order chi connectivity index (χ0) is 14.7. The molecule has 0 spiro atoms. The Morgan fingerprint density at radius 3 is 3.14 bits per heavy atom. The number of fused-ring (bicyclic) bond motifs is 1. The quantitative estimate of drug-likeness (QED) is 0.709. The molecule has 0 aliphatic carbocycles. The van der Waals surface area contributed by atoms with Crippen LogP contribution in [0.15, 0.2) is 36.7 Å². The summed E-state index contributed by atoms with van der Waals surface area (Å²) in [6, 6.07) is 7.39. The number of thiazole rings is 1. The van der Waals surface area contributed by atoms with Crippen LogP contribution in [-0.4, -0.2) is 20.7 Å². The van der Waals surface area contributed by atoms with Gasteiger partial charge in [-0.15, -0.1) is 0 Å². The summed E-state index contributed by atoms with van der Waals surface area (Å²) in [5.41, 5.74) is 7.28. The molecule has 0 bridgehead atoms. The van der Waals surface area contributed by atoms with Crippen molar-refractivity contribution in [3.63, 3.8) is 0 Å². The minimum absolute atomic E-state index is 0.0332. The van der Waals surface area contributed by atoms with Gasteiger partial charge in [0.2, 0.25) is 5.91 Å². The van der Waals surface area contributed by atoms with E-state index in [2.05, 4.69) is 15.4 Å². The number of hydrogen-bond acceptors (Lipinski definition) is 5. The van der Waals surface area contributed by atoms with Crippen LogP contribution >= 0.6 is 11.3 Å². The van der Waals surface area contributed by atoms with Crippen LogP contribution in [0.3, 0.4) is 0 Å². The van der Waals surface area contributed by atoms with Gasteiger partial charge in [0.15, 0.2) is 5.13 Å². The van der Waals surface area contributed by atoms with E-state index in [9.17, 15) is 4.79 Å². The highest BCUT2D eigenvalue weighted by molar-refractivity contribution is 7.22. The highest BCUT2D eigenvalue weighted by Crippen LogP contribution is 2.27. The molecule has 1 aromatic carbocycles. The summed E-state index contributed by atoms with van der Waals surface area (Å²) in [7, 11) is 0. The van der Waals surface area contributed by atoms with Crippen LogP contribution in [0.25, 0.3) is 10.2 Å². The van der Waals surface area contributed by atoms with Crippen molar-refractivity contribution >= 4 is 38.3 Å². The zero-order valence-electron chi connectivity index (χ0n) is 11.3. The number of anilines is 2.